The first-order valence-corrected chi connectivity index (χ1v) is 9.85. The van der Waals surface area contributed by atoms with E-state index in [1.807, 2.05) is 13.2 Å². The van der Waals surface area contributed by atoms with Gasteiger partial charge < -0.3 is 4.55 Å². The van der Waals surface area contributed by atoms with Crippen molar-refractivity contribution in [3.63, 3.8) is 0 Å². The van der Waals surface area contributed by atoms with Crippen LogP contribution in [0.15, 0.2) is 35.6 Å². The van der Waals surface area contributed by atoms with Gasteiger partial charge in [0.15, 0.2) is 16.7 Å². The highest BCUT2D eigenvalue weighted by Crippen LogP contribution is 2.30. The number of aryl methyl sites for hydroxylation is 1. The molecule has 0 atom stereocenters. The minimum absolute atomic E-state index is 0.587. The Morgan fingerprint density at radius 1 is 1.11 bits per heavy atom. The second-order valence-electron chi connectivity index (χ2n) is 4.94. The number of halogens is 6. The van der Waals surface area contributed by atoms with Crippen LogP contribution in [0.5, 0.6) is 0 Å². The Balaban J connectivity index is 0.000000416. The average Bonchev–Trinajstić information content (AvgIpc) is 2.59. The van der Waals surface area contributed by atoms with E-state index in [1.54, 1.807) is 10.9 Å². The number of rotatable bonds is 3. The Hall–Kier alpha value is -1.93. The van der Waals surface area contributed by atoms with E-state index in [0.717, 1.165) is 12.1 Å². The Morgan fingerprint density at radius 2 is 1.61 bits per heavy atom. The molecule has 0 aliphatic carbocycles. The van der Waals surface area contributed by atoms with E-state index in [-0.39, 0.29) is 0 Å². The molecule has 6 nitrogen and oxygen atoms in total. The van der Waals surface area contributed by atoms with Gasteiger partial charge in [-0.2, -0.15) is 26.3 Å². The van der Waals surface area contributed by atoms with Crippen molar-refractivity contribution in [2.45, 2.75) is 30.3 Å². The summed E-state index contributed by atoms with van der Waals surface area (Å²) < 4.78 is 98.2. The Bertz CT molecular complexity index is 878. The van der Waals surface area contributed by atoms with Gasteiger partial charge in [0.25, 0.3) is 5.16 Å². The Kier molecular flexibility index (Phi) is 7.79. The highest BCUT2D eigenvalue weighted by molar-refractivity contribution is 7.98. The predicted molar refractivity (Wildman–Crippen MR) is 85.9 cm³/mol. The Morgan fingerprint density at radius 3 is 1.96 bits per heavy atom. The fourth-order valence-electron chi connectivity index (χ4n) is 1.65. The van der Waals surface area contributed by atoms with Gasteiger partial charge in [-0.1, -0.05) is 28.6 Å². The van der Waals surface area contributed by atoms with Crippen LogP contribution < -0.4 is 4.68 Å². The van der Waals surface area contributed by atoms with Crippen molar-refractivity contribution in [2.24, 2.45) is 0 Å². The molecule has 2 rings (SSSR count). The molecule has 0 amide bonds. The van der Waals surface area contributed by atoms with E-state index in [2.05, 4.69) is 10.1 Å². The first-order chi connectivity index (χ1) is 12.7. The molecule has 1 heterocycles. The maximum atomic E-state index is 12.5. The van der Waals surface area contributed by atoms with E-state index < -0.39 is 27.4 Å². The van der Waals surface area contributed by atoms with Crippen molar-refractivity contribution in [2.75, 3.05) is 6.26 Å². The molecule has 0 N–H and O–H groups in total. The van der Waals surface area contributed by atoms with Crippen molar-refractivity contribution < 1.29 is 44.0 Å². The highest BCUT2D eigenvalue weighted by atomic mass is 32.2. The summed E-state index contributed by atoms with van der Waals surface area (Å²) in [4.78, 5) is 4.31. The van der Waals surface area contributed by atoms with Crippen molar-refractivity contribution in [1.29, 1.82) is 0 Å². The fraction of sp³-hybridized carbons (Fsp3) is 0.357. The second kappa shape index (κ2) is 9.05. The summed E-state index contributed by atoms with van der Waals surface area (Å²) in [5.41, 5.74) is -5.06. The lowest BCUT2D eigenvalue weighted by atomic mass is 10.1. The van der Waals surface area contributed by atoms with E-state index >= 15 is 0 Å². The molecule has 0 aliphatic heterocycles. The molecule has 1 aromatic carbocycles. The van der Waals surface area contributed by atoms with Gasteiger partial charge in [-0.25, -0.2) is 13.4 Å². The van der Waals surface area contributed by atoms with Crippen LogP contribution in [-0.4, -0.2) is 34.8 Å². The summed E-state index contributed by atoms with van der Waals surface area (Å²) in [6, 6.07) is 4.98. The Labute approximate surface area is 160 Å². The van der Waals surface area contributed by atoms with Crippen molar-refractivity contribution in [3.8, 4) is 11.3 Å². The van der Waals surface area contributed by atoms with Crippen LogP contribution in [0, 0.1) is 0 Å². The van der Waals surface area contributed by atoms with E-state index in [4.69, 9.17) is 13.0 Å². The first-order valence-electron chi connectivity index (χ1n) is 7.21. The van der Waals surface area contributed by atoms with Gasteiger partial charge in [-0.15, -0.1) is 0 Å². The molecule has 0 saturated heterocycles. The molecule has 28 heavy (non-hydrogen) atoms. The molecular weight excluding hydrogens is 436 g/mol. The third-order valence-corrected chi connectivity index (χ3v) is 4.10. The number of hydrogen-bond donors (Lipinski definition) is 0. The molecule has 14 heteroatoms. The normalized spacial score (nSPS) is 12.3. The fourth-order valence-corrected chi connectivity index (χ4v) is 2.03. The molecule has 0 saturated carbocycles. The van der Waals surface area contributed by atoms with Crippen LogP contribution in [0.2, 0.25) is 0 Å². The smallest absolute Gasteiger partial charge is 0.485 e. The van der Waals surface area contributed by atoms with Gasteiger partial charge in [0.2, 0.25) is 6.20 Å². The third-order valence-electron chi connectivity index (χ3n) is 3.00. The lowest BCUT2D eigenvalue weighted by Gasteiger charge is -2.08. The lowest BCUT2D eigenvalue weighted by molar-refractivity contribution is -0.754. The maximum absolute atomic E-state index is 12.5. The van der Waals surface area contributed by atoms with Crippen molar-refractivity contribution in [1.82, 2.24) is 10.1 Å². The van der Waals surface area contributed by atoms with Crippen LogP contribution in [0.3, 0.4) is 0 Å². The van der Waals surface area contributed by atoms with Gasteiger partial charge in [-0.05, 0) is 25.3 Å². The summed E-state index contributed by atoms with van der Waals surface area (Å²) >= 11 is 1.39. The molecule has 0 unspecified atom stereocenters. The van der Waals surface area contributed by atoms with Crippen LogP contribution >= 0.6 is 11.8 Å². The van der Waals surface area contributed by atoms with Crippen molar-refractivity contribution in [3.05, 3.63) is 36.0 Å². The molecule has 0 radical (unpaired) electrons. The average molecular weight is 449 g/mol. The number of alkyl halides is 6. The molecule has 156 valence electrons. The zero-order valence-electron chi connectivity index (χ0n) is 14.2. The lowest BCUT2D eigenvalue weighted by Crippen LogP contribution is -2.37. The number of thioether (sulfide) groups is 1. The number of benzene rings is 1. The molecule has 0 bridgehead atoms. The van der Waals surface area contributed by atoms with Gasteiger partial charge >= 0.3 is 11.7 Å². The standard InChI is InChI=1S/C13H13F3N3S.CHF3O3S/c1-3-19-8-11(17-12(18-19)20-2)9-4-6-10(7-5-9)13(14,15)16;2-1(3,4)8(5,6)7/h4-8H,3H2,1-2H3;(H,5,6,7)/q+1;/p-1. The summed E-state index contributed by atoms with van der Waals surface area (Å²) in [5, 5.41) is 4.83. The quantitative estimate of drug-likeness (QED) is 0.235. The minimum atomic E-state index is -6.09. The van der Waals surface area contributed by atoms with Crippen LogP contribution in [0.25, 0.3) is 11.3 Å². The first kappa shape index (κ1) is 24.1. The summed E-state index contributed by atoms with van der Waals surface area (Å²) in [6.45, 7) is 2.61. The van der Waals surface area contributed by atoms with Crippen molar-refractivity contribution >= 4 is 21.9 Å². The van der Waals surface area contributed by atoms with Crippen LogP contribution in [-0.2, 0) is 22.8 Å². The second-order valence-corrected chi connectivity index (χ2v) is 7.09. The largest absolute Gasteiger partial charge is 0.741 e. The van der Waals surface area contributed by atoms with E-state index in [0.29, 0.717) is 23.0 Å². The highest BCUT2D eigenvalue weighted by Gasteiger charge is 2.37. The SMILES string of the molecule is CC[n+]1cc(-c2ccc(C(F)(F)F)cc2)nc(SC)n1.O=S(=O)([O-])C(F)(F)F. The summed E-state index contributed by atoms with van der Waals surface area (Å²) in [6.07, 6.45) is -0.744. The van der Waals surface area contributed by atoms with Gasteiger partial charge in [-0.3, -0.25) is 0 Å². The van der Waals surface area contributed by atoms with Gasteiger partial charge in [0, 0.05) is 10.7 Å². The zero-order valence-corrected chi connectivity index (χ0v) is 15.9. The molecular formula is C14H13F6N3O3S2. The van der Waals surface area contributed by atoms with Crippen LogP contribution in [0.4, 0.5) is 26.3 Å². The molecule has 1 aromatic heterocycles. The zero-order chi connectivity index (χ0) is 21.8. The van der Waals surface area contributed by atoms with Gasteiger partial charge in [0.1, 0.15) is 5.69 Å². The third kappa shape index (κ3) is 6.91. The summed E-state index contributed by atoms with van der Waals surface area (Å²) in [5.74, 6) is 0. The maximum Gasteiger partial charge on any atom is 0.485 e. The topological polar surface area (TPSA) is 86.9 Å². The van der Waals surface area contributed by atoms with Gasteiger partial charge in [0.05, 0.1) is 5.56 Å². The molecule has 0 spiro atoms. The number of aromatic nitrogens is 3. The van der Waals surface area contributed by atoms with E-state index in [9.17, 15) is 26.3 Å². The van der Waals surface area contributed by atoms with E-state index in [1.165, 1.54) is 23.9 Å². The predicted octanol–water partition coefficient (Wildman–Crippen LogP) is 3.24. The molecule has 0 fully saturated rings. The van der Waals surface area contributed by atoms with Crippen LogP contribution in [0.1, 0.15) is 12.5 Å². The number of nitrogens with zero attached hydrogens (tertiary/aromatic N) is 3. The number of hydrogen-bond acceptors (Lipinski definition) is 6. The minimum Gasteiger partial charge on any atom is -0.741 e. The monoisotopic (exact) mass is 449 g/mol. The summed E-state index contributed by atoms with van der Waals surface area (Å²) in [7, 11) is -6.09. The molecule has 0 aliphatic rings. The molecule has 2 aromatic rings.